The molecular weight excluding hydrogens is 430 g/mol. The van der Waals surface area contributed by atoms with Gasteiger partial charge in [0, 0.05) is 23.8 Å². The first-order valence-corrected chi connectivity index (χ1v) is 11.5. The van der Waals surface area contributed by atoms with Crippen molar-refractivity contribution in [3.8, 4) is 22.6 Å². The van der Waals surface area contributed by atoms with Gasteiger partial charge in [-0.1, -0.05) is 30.3 Å². The van der Waals surface area contributed by atoms with Crippen LogP contribution in [-0.2, 0) is 4.79 Å². The van der Waals surface area contributed by atoms with E-state index in [9.17, 15) is 4.79 Å². The van der Waals surface area contributed by atoms with Gasteiger partial charge in [-0.3, -0.25) is 4.79 Å². The summed E-state index contributed by atoms with van der Waals surface area (Å²) >= 11 is 0. The Labute approximate surface area is 197 Å². The highest BCUT2D eigenvalue weighted by Crippen LogP contribution is 2.38. The third-order valence-electron chi connectivity index (χ3n) is 6.41. The monoisotopic (exact) mass is 457 g/mol. The standard InChI is InChI=1S/C26H27N5O3/c27-25-24-22(17-6-12-21(13-7-17)34-20-4-2-1-3-5-20)15-31(26(24)30-16-29-25)19-10-8-18(9-11-19)28-14-23(32)33/h1-7,12-13,15-16,18-19,28H,8-11,14H2,(H,32,33)(H2,27,29,30). The smallest absolute Gasteiger partial charge is 0.317 e. The molecule has 2 aromatic heterocycles. The van der Waals surface area contributed by atoms with Crippen LogP contribution in [0.4, 0.5) is 5.82 Å². The number of hydrogen-bond acceptors (Lipinski definition) is 6. The second kappa shape index (κ2) is 9.52. The molecule has 1 fully saturated rings. The number of para-hydroxylation sites is 1. The minimum atomic E-state index is -0.824. The first-order valence-electron chi connectivity index (χ1n) is 11.5. The van der Waals surface area contributed by atoms with Crippen LogP contribution in [0.2, 0.25) is 0 Å². The Kier molecular flexibility index (Phi) is 6.14. The lowest BCUT2D eigenvalue weighted by Crippen LogP contribution is -2.36. The van der Waals surface area contributed by atoms with Crippen LogP contribution in [0.3, 0.4) is 0 Å². The Morgan fingerprint density at radius 1 is 1.03 bits per heavy atom. The molecule has 0 atom stereocenters. The topological polar surface area (TPSA) is 115 Å². The lowest BCUT2D eigenvalue weighted by atomic mass is 9.91. The van der Waals surface area contributed by atoms with Crippen LogP contribution in [0.1, 0.15) is 31.7 Å². The second-order valence-electron chi connectivity index (χ2n) is 8.63. The van der Waals surface area contributed by atoms with Crippen molar-refractivity contribution < 1.29 is 14.6 Å². The zero-order chi connectivity index (χ0) is 23.5. The summed E-state index contributed by atoms with van der Waals surface area (Å²) in [5.74, 6) is 1.18. The van der Waals surface area contributed by atoms with Gasteiger partial charge in [0.25, 0.3) is 0 Å². The van der Waals surface area contributed by atoms with Crippen LogP contribution >= 0.6 is 0 Å². The molecule has 0 spiro atoms. The molecule has 1 aliphatic carbocycles. The number of rotatable bonds is 7. The molecule has 5 rings (SSSR count). The third-order valence-corrected chi connectivity index (χ3v) is 6.41. The van der Waals surface area contributed by atoms with Crippen molar-refractivity contribution in [3.63, 3.8) is 0 Å². The zero-order valence-electron chi connectivity index (χ0n) is 18.7. The van der Waals surface area contributed by atoms with Gasteiger partial charge in [-0.2, -0.15) is 0 Å². The molecule has 0 aliphatic heterocycles. The van der Waals surface area contributed by atoms with E-state index in [1.807, 2.05) is 54.6 Å². The number of aliphatic carboxylic acids is 1. The summed E-state index contributed by atoms with van der Waals surface area (Å²) in [7, 11) is 0. The maximum absolute atomic E-state index is 10.9. The van der Waals surface area contributed by atoms with Crippen molar-refractivity contribution in [3.05, 3.63) is 67.1 Å². The van der Waals surface area contributed by atoms with E-state index in [0.29, 0.717) is 5.82 Å². The lowest BCUT2D eigenvalue weighted by molar-refractivity contribution is -0.136. The number of ether oxygens (including phenoxy) is 1. The van der Waals surface area contributed by atoms with E-state index in [0.717, 1.165) is 59.3 Å². The molecule has 0 bridgehead atoms. The van der Waals surface area contributed by atoms with Gasteiger partial charge in [0.15, 0.2) is 0 Å². The summed E-state index contributed by atoms with van der Waals surface area (Å²) in [4.78, 5) is 19.7. The Bertz CT molecular complexity index is 1280. The van der Waals surface area contributed by atoms with Crippen molar-refractivity contribution in [1.29, 1.82) is 0 Å². The average molecular weight is 458 g/mol. The predicted octanol–water partition coefficient (Wildman–Crippen LogP) is 4.63. The Morgan fingerprint density at radius 2 is 1.74 bits per heavy atom. The number of nitrogens with one attached hydrogen (secondary N) is 1. The molecule has 8 nitrogen and oxygen atoms in total. The molecule has 1 saturated carbocycles. The number of aromatic nitrogens is 3. The molecule has 0 amide bonds. The lowest BCUT2D eigenvalue weighted by Gasteiger charge is -2.30. The minimum absolute atomic E-state index is 0.000325. The number of carboxylic acid groups (broad SMARTS) is 1. The van der Waals surface area contributed by atoms with Crippen LogP contribution in [0, 0.1) is 0 Å². The summed E-state index contributed by atoms with van der Waals surface area (Å²) < 4.78 is 8.14. The van der Waals surface area contributed by atoms with Gasteiger partial charge in [0.05, 0.1) is 11.9 Å². The second-order valence-corrected chi connectivity index (χ2v) is 8.63. The van der Waals surface area contributed by atoms with Crippen LogP contribution in [0.25, 0.3) is 22.2 Å². The highest BCUT2D eigenvalue weighted by Gasteiger charge is 2.26. The van der Waals surface area contributed by atoms with E-state index in [1.165, 1.54) is 6.33 Å². The van der Waals surface area contributed by atoms with E-state index in [2.05, 4.69) is 26.0 Å². The van der Waals surface area contributed by atoms with E-state index in [-0.39, 0.29) is 18.6 Å². The summed E-state index contributed by atoms with van der Waals surface area (Å²) in [6.45, 7) is -0.000325. The van der Waals surface area contributed by atoms with E-state index in [1.54, 1.807) is 0 Å². The number of anilines is 1. The first-order chi connectivity index (χ1) is 16.6. The fourth-order valence-electron chi connectivity index (χ4n) is 4.72. The normalized spacial score (nSPS) is 18.1. The molecule has 2 aromatic carbocycles. The zero-order valence-corrected chi connectivity index (χ0v) is 18.7. The van der Waals surface area contributed by atoms with E-state index in [4.69, 9.17) is 15.6 Å². The predicted molar refractivity (Wildman–Crippen MR) is 131 cm³/mol. The number of fused-ring (bicyclic) bond motifs is 1. The largest absolute Gasteiger partial charge is 0.480 e. The number of carboxylic acids is 1. The number of nitrogens with two attached hydrogens (primary N) is 1. The van der Waals surface area contributed by atoms with Gasteiger partial charge in [0.1, 0.15) is 29.3 Å². The van der Waals surface area contributed by atoms with Crippen LogP contribution in [0.15, 0.2) is 67.1 Å². The van der Waals surface area contributed by atoms with Crippen molar-refractivity contribution in [2.75, 3.05) is 12.3 Å². The third kappa shape index (κ3) is 4.58. The van der Waals surface area contributed by atoms with E-state index >= 15 is 0 Å². The first kappa shape index (κ1) is 21.9. The maximum Gasteiger partial charge on any atom is 0.317 e. The molecule has 0 saturated heterocycles. The fourth-order valence-corrected chi connectivity index (χ4v) is 4.72. The van der Waals surface area contributed by atoms with Crippen molar-refractivity contribution >= 4 is 22.8 Å². The Hall–Kier alpha value is -3.91. The molecule has 4 aromatic rings. The van der Waals surface area contributed by atoms with E-state index < -0.39 is 5.97 Å². The molecule has 0 radical (unpaired) electrons. The maximum atomic E-state index is 10.9. The Balaban J connectivity index is 1.40. The minimum Gasteiger partial charge on any atom is -0.480 e. The molecule has 174 valence electrons. The molecule has 34 heavy (non-hydrogen) atoms. The van der Waals surface area contributed by atoms with Crippen LogP contribution in [0.5, 0.6) is 11.5 Å². The molecule has 2 heterocycles. The SMILES string of the molecule is Nc1ncnc2c1c(-c1ccc(Oc3ccccc3)cc1)cn2C1CCC(NCC(=O)O)CC1. The van der Waals surface area contributed by atoms with Crippen molar-refractivity contribution in [2.24, 2.45) is 0 Å². The summed E-state index contributed by atoms with van der Waals surface area (Å²) in [5.41, 5.74) is 9.14. The molecule has 4 N–H and O–H groups in total. The average Bonchev–Trinajstić information content (AvgIpc) is 3.25. The van der Waals surface area contributed by atoms with Gasteiger partial charge in [-0.15, -0.1) is 0 Å². The molecule has 1 aliphatic rings. The molecular formula is C26H27N5O3. The molecule has 8 heteroatoms. The Morgan fingerprint density at radius 3 is 2.44 bits per heavy atom. The summed E-state index contributed by atoms with van der Waals surface area (Å²) in [6, 6.07) is 18.1. The highest BCUT2D eigenvalue weighted by molar-refractivity contribution is 6.00. The van der Waals surface area contributed by atoms with Gasteiger partial charge < -0.3 is 25.5 Å². The highest BCUT2D eigenvalue weighted by atomic mass is 16.5. The number of nitrogen functional groups attached to an aromatic ring is 1. The van der Waals surface area contributed by atoms with Crippen molar-refractivity contribution in [1.82, 2.24) is 19.9 Å². The van der Waals surface area contributed by atoms with Gasteiger partial charge in [-0.05, 0) is 55.5 Å². The molecule has 0 unspecified atom stereocenters. The fraction of sp³-hybridized carbons (Fsp3) is 0.269. The van der Waals surface area contributed by atoms with Gasteiger partial charge in [0.2, 0.25) is 0 Å². The van der Waals surface area contributed by atoms with Crippen LogP contribution in [-0.4, -0.2) is 38.2 Å². The van der Waals surface area contributed by atoms with Gasteiger partial charge >= 0.3 is 5.97 Å². The summed E-state index contributed by atoms with van der Waals surface area (Å²) in [5, 5.41) is 12.9. The van der Waals surface area contributed by atoms with Crippen molar-refractivity contribution in [2.45, 2.75) is 37.8 Å². The number of hydrogen-bond donors (Lipinski definition) is 3. The van der Waals surface area contributed by atoms with Gasteiger partial charge in [-0.25, -0.2) is 9.97 Å². The number of carbonyl (C=O) groups is 1. The summed E-state index contributed by atoms with van der Waals surface area (Å²) in [6.07, 6.45) is 7.34. The number of nitrogens with zero attached hydrogens (tertiary/aromatic N) is 3. The number of benzene rings is 2. The quantitative estimate of drug-likeness (QED) is 0.370. The van der Waals surface area contributed by atoms with Crippen LogP contribution < -0.4 is 15.8 Å².